The molecule has 20 heavy (non-hydrogen) atoms. The van der Waals surface area contributed by atoms with Crippen molar-refractivity contribution in [3.63, 3.8) is 0 Å². The summed E-state index contributed by atoms with van der Waals surface area (Å²) in [5.74, 6) is 0.231. The number of fused-ring (bicyclic) bond motifs is 1. The van der Waals surface area contributed by atoms with E-state index in [9.17, 15) is 4.39 Å². The minimum atomic E-state index is -0.519. The van der Waals surface area contributed by atoms with Gasteiger partial charge in [0.25, 0.3) is 0 Å². The van der Waals surface area contributed by atoms with E-state index in [2.05, 4.69) is 19.2 Å². The third-order valence-electron chi connectivity index (χ3n) is 3.73. The number of ether oxygens (including phenoxy) is 1. The van der Waals surface area contributed by atoms with Gasteiger partial charge in [-0.3, -0.25) is 0 Å². The maximum atomic E-state index is 13.2. The molecule has 0 fully saturated rings. The molecule has 0 radical (unpaired) electrons. The standard InChI is InChI=1S/C17H18FNO/c1-12(2)9-17(14-3-5-15(18)6-4-14)16-10-19-8-7-13(16)11-20-17/h3-8,10-12,19H,9H2,1-2H3. The molecule has 104 valence electrons. The summed E-state index contributed by atoms with van der Waals surface area (Å²) < 4.78 is 19.3. The monoisotopic (exact) mass is 271 g/mol. The smallest absolute Gasteiger partial charge is 0.160 e. The molecule has 2 aliphatic heterocycles. The molecule has 1 unspecified atom stereocenters. The van der Waals surface area contributed by atoms with Gasteiger partial charge in [0.2, 0.25) is 0 Å². The van der Waals surface area contributed by atoms with Gasteiger partial charge in [-0.05, 0) is 30.5 Å². The summed E-state index contributed by atoms with van der Waals surface area (Å²) in [6.45, 7) is 4.33. The number of nitrogens with one attached hydrogen (secondary N) is 1. The van der Waals surface area contributed by atoms with Crippen molar-refractivity contribution < 1.29 is 9.13 Å². The van der Waals surface area contributed by atoms with Gasteiger partial charge in [0, 0.05) is 29.1 Å². The van der Waals surface area contributed by atoms with E-state index in [1.165, 1.54) is 12.1 Å². The van der Waals surface area contributed by atoms with Crippen LogP contribution in [0.5, 0.6) is 0 Å². The first-order chi connectivity index (χ1) is 9.62. The van der Waals surface area contributed by atoms with E-state index >= 15 is 0 Å². The van der Waals surface area contributed by atoms with Crippen LogP contribution in [0, 0.1) is 11.7 Å². The molecule has 0 bridgehead atoms. The molecule has 2 aliphatic rings. The Bertz CT molecular complexity index is 598. The summed E-state index contributed by atoms with van der Waals surface area (Å²) in [7, 11) is 0. The first-order valence-corrected chi connectivity index (χ1v) is 6.89. The number of rotatable bonds is 3. The van der Waals surface area contributed by atoms with Gasteiger partial charge in [-0.25, -0.2) is 4.39 Å². The van der Waals surface area contributed by atoms with Crippen LogP contribution >= 0.6 is 0 Å². The highest BCUT2D eigenvalue weighted by atomic mass is 19.1. The second-order valence-corrected chi connectivity index (χ2v) is 5.68. The summed E-state index contributed by atoms with van der Waals surface area (Å²) in [5.41, 5.74) is 2.66. The summed E-state index contributed by atoms with van der Waals surface area (Å²) in [4.78, 5) is 0. The van der Waals surface area contributed by atoms with Crippen molar-refractivity contribution in [2.24, 2.45) is 5.92 Å². The largest absolute Gasteiger partial charge is 0.485 e. The number of hydrogen-bond acceptors (Lipinski definition) is 2. The first-order valence-electron chi connectivity index (χ1n) is 6.89. The molecule has 1 aromatic rings. The highest BCUT2D eigenvalue weighted by molar-refractivity contribution is 5.53. The average Bonchev–Trinajstić information content (AvgIpc) is 2.79. The first kappa shape index (κ1) is 13.0. The predicted octanol–water partition coefficient (Wildman–Crippen LogP) is 3.98. The molecule has 1 aromatic carbocycles. The molecule has 0 aromatic heterocycles. The number of dihydropyridines is 1. The fraction of sp³-hybridized carbons (Fsp3) is 0.294. The summed E-state index contributed by atoms with van der Waals surface area (Å²) in [5, 5.41) is 3.13. The van der Waals surface area contributed by atoms with E-state index < -0.39 is 5.60 Å². The van der Waals surface area contributed by atoms with Crippen LogP contribution in [0.2, 0.25) is 0 Å². The van der Waals surface area contributed by atoms with Crippen molar-refractivity contribution in [1.82, 2.24) is 5.32 Å². The lowest BCUT2D eigenvalue weighted by Crippen LogP contribution is -2.31. The Balaban J connectivity index is 2.07. The average molecular weight is 271 g/mol. The summed E-state index contributed by atoms with van der Waals surface area (Å²) in [6.07, 6.45) is 8.51. The van der Waals surface area contributed by atoms with Gasteiger partial charge in [-0.1, -0.05) is 26.0 Å². The lowest BCUT2D eigenvalue weighted by Gasteiger charge is -2.33. The Morgan fingerprint density at radius 3 is 2.70 bits per heavy atom. The van der Waals surface area contributed by atoms with Crippen LogP contribution < -0.4 is 5.32 Å². The maximum Gasteiger partial charge on any atom is 0.160 e. The van der Waals surface area contributed by atoms with Gasteiger partial charge in [-0.2, -0.15) is 0 Å². The van der Waals surface area contributed by atoms with E-state index in [0.717, 1.165) is 23.1 Å². The second-order valence-electron chi connectivity index (χ2n) is 5.68. The number of hydrogen-bond donors (Lipinski definition) is 1. The van der Waals surface area contributed by atoms with Crippen LogP contribution in [0.4, 0.5) is 4.39 Å². The van der Waals surface area contributed by atoms with Gasteiger partial charge in [0.15, 0.2) is 5.60 Å². The predicted molar refractivity (Wildman–Crippen MR) is 77.1 cm³/mol. The Labute approximate surface area is 118 Å². The van der Waals surface area contributed by atoms with Crippen LogP contribution in [0.3, 0.4) is 0 Å². The van der Waals surface area contributed by atoms with E-state index in [-0.39, 0.29) is 5.82 Å². The Hall–Kier alpha value is -2.03. The summed E-state index contributed by atoms with van der Waals surface area (Å²) in [6, 6.07) is 6.61. The third kappa shape index (κ3) is 2.03. The molecule has 1 N–H and O–H groups in total. The quantitative estimate of drug-likeness (QED) is 0.897. The van der Waals surface area contributed by atoms with E-state index in [1.807, 2.05) is 30.6 Å². The van der Waals surface area contributed by atoms with E-state index in [0.29, 0.717) is 5.92 Å². The molecule has 0 amide bonds. The minimum Gasteiger partial charge on any atom is -0.485 e. The van der Waals surface area contributed by atoms with Gasteiger partial charge in [0.05, 0.1) is 6.26 Å². The Morgan fingerprint density at radius 2 is 2.00 bits per heavy atom. The highest BCUT2D eigenvalue weighted by Gasteiger charge is 2.44. The molecule has 3 rings (SSSR count). The molecular weight excluding hydrogens is 253 g/mol. The van der Waals surface area contributed by atoms with Gasteiger partial charge in [-0.15, -0.1) is 0 Å². The fourth-order valence-electron chi connectivity index (χ4n) is 2.92. The van der Waals surface area contributed by atoms with Crippen molar-refractivity contribution in [2.75, 3.05) is 0 Å². The number of halogens is 1. The number of allylic oxidation sites excluding steroid dienone is 1. The van der Waals surface area contributed by atoms with E-state index in [1.54, 1.807) is 6.26 Å². The minimum absolute atomic E-state index is 0.227. The number of benzene rings is 1. The fourth-order valence-corrected chi connectivity index (χ4v) is 2.92. The zero-order valence-electron chi connectivity index (χ0n) is 11.7. The molecule has 0 saturated carbocycles. The molecule has 2 nitrogen and oxygen atoms in total. The van der Waals surface area contributed by atoms with Gasteiger partial charge in [0.1, 0.15) is 5.82 Å². The van der Waals surface area contributed by atoms with Crippen molar-refractivity contribution in [3.05, 3.63) is 71.5 Å². The maximum absolute atomic E-state index is 13.2. The lowest BCUT2D eigenvalue weighted by atomic mass is 9.78. The van der Waals surface area contributed by atoms with E-state index in [4.69, 9.17) is 4.74 Å². The molecule has 2 heterocycles. The molecule has 0 aliphatic carbocycles. The van der Waals surface area contributed by atoms with Crippen LogP contribution in [-0.2, 0) is 10.3 Å². The Kier molecular flexibility index (Phi) is 3.13. The van der Waals surface area contributed by atoms with Crippen LogP contribution in [-0.4, -0.2) is 0 Å². The third-order valence-corrected chi connectivity index (χ3v) is 3.73. The van der Waals surface area contributed by atoms with Gasteiger partial charge >= 0.3 is 0 Å². The zero-order chi connectivity index (χ0) is 14.2. The molecule has 1 atom stereocenters. The zero-order valence-corrected chi connectivity index (χ0v) is 11.7. The summed E-state index contributed by atoms with van der Waals surface area (Å²) >= 11 is 0. The topological polar surface area (TPSA) is 21.3 Å². The van der Waals surface area contributed by atoms with Crippen LogP contribution in [0.15, 0.2) is 60.1 Å². The molecule has 0 saturated heterocycles. The van der Waals surface area contributed by atoms with Crippen LogP contribution in [0.25, 0.3) is 0 Å². The SMILES string of the molecule is CC(C)CC1(c2ccc(F)cc2)OC=C2C=CNC=C21. The van der Waals surface area contributed by atoms with Gasteiger partial charge < -0.3 is 10.1 Å². The molecule has 0 spiro atoms. The van der Waals surface area contributed by atoms with Crippen LogP contribution in [0.1, 0.15) is 25.8 Å². The van der Waals surface area contributed by atoms with Crippen molar-refractivity contribution in [2.45, 2.75) is 25.9 Å². The second kappa shape index (κ2) is 4.82. The molecule has 3 heteroatoms. The molecular formula is C17H18FNO. The van der Waals surface area contributed by atoms with Crippen molar-refractivity contribution >= 4 is 0 Å². The normalized spacial score (nSPS) is 23.8. The Morgan fingerprint density at radius 1 is 1.25 bits per heavy atom. The van der Waals surface area contributed by atoms with Crippen molar-refractivity contribution in [1.29, 1.82) is 0 Å². The highest BCUT2D eigenvalue weighted by Crippen LogP contribution is 2.47. The van der Waals surface area contributed by atoms with Crippen molar-refractivity contribution in [3.8, 4) is 0 Å². The lowest BCUT2D eigenvalue weighted by molar-refractivity contribution is 0.0511.